The van der Waals surface area contributed by atoms with Gasteiger partial charge in [0.25, 0.3) is 0 Å². The molecule has 12 heteroatoms. The predicted octanol–water partition coefficient (Wildman–Crippen LogP) is 1.43. The van der Waals surface area contributed by atoms with Crippen LogP contribution in [0.5, 0.6) is 11.8 Å². The van der Waals surface area contributed by atoms with Gasteiger partial charge < -0.3 is 18.9 Å². The summed E-state index contributed by atoms with van der Waals surface area (Å²) in [5, 5.41) is 13.7. The lowest BCUT2D eigenvalue weighted by Gasteiger charge is -2.31. The SMILES string of the molecule is COC(=O)C1C(=O)Oc2n[nH]c(C)c2C1c1cccc(C2c3c(n[nH]c3C)OC(=O)C2C(=O)OC)c1. The standard InChI is InChI=1S/C24H22N4O8/c1-9-13-15(17(21(29)33-3)23(31)35-19(13)27-25-9)11-6-5-7-12(8-11)16-14-10(2)26-28-20(14)36-24(32)18(16)22(30)34-4/h5-8,15-18H,1-4H3,(H,25,27)(H,26,28). The first-order valence-electron chi connectivity index (χ1n) is 11.0. The van der Waals surface area contributed by atoms with Crippen molar-refractivity contribution in [1.29, 1.82) is 0 Å². The Labute approximate surface area is 204 Å². The van der Waals surface area contributed by atoms with Gasteiger partial charge in [0, 0.05) is 34.4 Å². The molecule has 5 rings (SSSR count). The van der Waals surface area contributed by atoms with Crippen molar-refractivity contribution in [2.24, 2.45) is 11.8 Å². The number of nitrogens with zero attached hydrogens (tertiary/aromatic N) is 2. The topological polar surface area (TPSA) is 163 Å². The number of aryl methyl sites for hydroxylation is 2. The van der Waals surface area contributed by atoms with Gasteiger partial charge in [0.1, 0.15) is 0 Å². The average Bonchev–Trinajstić information content (AvgIpc) is 3.43. The lowest BCUT2D eigenvalue weighted by Crippen LogP contribution is -2.39. The highest BCUT2D eigenvalue weighted by Gasteiger charge is 2.49. The van der Waals surface area contributed by atoms with Crippen molar-refractivity contribution >= 4 is 23.9 Å². The van der Waals surface area contributed by atoms with Gasteiger partial charge in [-0.1, -0.05) is 24.3 Å². The largest absolute Gasteiger partial charge is 0.468 e. The maximum Gasteiger partial charge on any atom is 0.328 e. The molecule has 0 saturated heterocycles. The quantitative estimate of drug-likeness (QED) is 0.401. The van der Waals surface area contributed by atoms with Gasteiger partial charge >= 0.3 is 23.9 Å². The number of carbonyl (C=O) groups excluding carboxylic acids is 4. The molecule has 4 unspecified atom stereocenters. The zero-order chi connectivity index (χ0) is 25.7. The first-order valence-corrected chi connectivity index (χ1v) is 11.0. The zero-order valence-electron chi connectivity index (χ0n) is 19.8. The van der Waals surface area contributed by atoms with E-state index in [1.807, 2.05) is 0 Å². The van der Waals surface area contributed by atoms with Crippen LogP contribution in [-0.4, -0.2) is 58.5 Å². The van der Waals surface area contributed by atoms with Crippen molar-refractivity contribution in [1.82, 2.24) is 20.4 Å². The molecule has 0 radical (unpaired) electrons. The monoisotopic (exact) mass is 494 g/mol. The lowest BCUT2D eigenvalue weighted by molar-refractivity contribution is -0.159. The summed E-state index contributed by atoms with van der Waals surface area (Å²) < 4.78 is 20.4. The van der Waals surface area contributed by atoms with Crippen molar-refractivity contribution in [3.05, 3.63) is 57.9 Å². The van der Waals surface area contributed by atoms with E-state index in [0.717, 1.165) is 0 Å². The van der Waals surface area contributed by atoms with Crippen LogP contribution in [0, 0.1) is 25.7 Å². The maximum absolute atomic E-state index is 12.8. The smallest absolute Gasteiger partial charge is 0.328 e. The number of esters is 4. The van der Waals surface area contributed by atoms with Gasteiger partial charge in [0.05, 0.1) is 14.2 Å². The van der Waals surface area contributed by atoms with E-state index in [1.165, 1.54) is 14.2 Å². The fraction of sp³-hybridized carbons (Fsp3) is 0.333. The third kappa shape index (κ3) is 3.44. The van der Waals surface area contributed by atoms with Gasteiger partial charge in [-0.25, -0.2) is 0 Å². The van der Waals surface area contributed by atoms with Gasteiger partial charge in [-0.15, -0.1) is 10.2 Å². The first kappa shape index (κ1) is 23.3. The molecule has 1 aromatic carbocycles. The van der Waals surface area contributed by atoms with Crippen molar-refractivity contribution < 1.29 is 38.1 Å². The molecule has 2 aliphatic heterocycles. The fourth-order valence-electron chi connectivity index (χ4n) is 5.02. The lowest BCUT2D eigenvalue weighted by atomic mass is 9.75. The molecule has 0 saturated carbocycles. The highest BCUT2D eigenvalue weighted by Crippen LogP contribution is 2.47. The van der Waals surface area contributed by atoms with E-state index in [2.05, 4.69) is 20.4 Å². The van der Waals surface area contributed by atoms with Crippen molar-refractivity contribution in [3.8, 4) is 11.8 Å². The van der Waals surface area contributed by atoms with E-state index in [4.69, 9.17) is 18.9 Å². The van der Waals surface area contributed by atoms with Crippen LogP contribution in [0.3, 0.4) is 0 Å². The number of rotatable bonds is 4. The molecule has 2 N–H and O–H groups in total. The van der Waals surface area contributed by atoms with Crippen LogP contribution >= 0.6 is 0 Å². The number of fused-ring (bicyclic) bond motifs is 2. The summed E-state index contributed by atoms with van der Waals surface area (Å²) >= 11 is 0. The molecule has 2 aromatic heterocycles. The van der Waals surface area contributed by atoms with Crippen molar-refractivity contribution in [2.45, 2.75) is 25.7 Å². The molecule has 0 bridgehead atoms. The minimum atomic E-state index is -1.28. The Hall–Kier alpha value is -4.48. The van der Waals surface area contributed by atoms with Gasteiger partial charge in [0.15, 0.2) is 11.8 Å². The van der Waals surface area contributed by atoms with E-state index >= 15 is 0 Å². The molecule has 3 aromatic rings. The number of carbonyl (C=O) groups is 4. The number of aromatic amines is 2. The Bertz CT molecular complexity index is 1310. The molecule has 0 spiro atoms. The van der Waals surface area contributed by atoms with Crippen LogP contribution in [0.1, 0.15) is 45.5 Å². The van der Waals surface area contributed by atoms with E-state index in [-0.39, 0.29) is 11.8 Å². The number of methoxy groups -OCH3 is 2. The van der Waals surface area contributed by atoms with Gasteiger partial charge in [-0.3, -0.25) is 29.4 Å². The summed E-state index contributed by atoms with van der Waals surface area (Å²) in [5.41, 5.74) is 3.43. The summed E-state index contributed by atoms with van der Waals surface area (Å²) in [5.74, 6) is -7.10. The van der Waals surface area contributed by atoms with E-state index in [1.54, 1.807) is 38.1 Å². The van der Waals surface area contributed by atoms with Crippen LogP contribution in [0.4, 0.5) is 0 Å². The number of H-pyrrole nitrogens is 2. The van der Waals surface area contributed by atoms with Crippen LogP contribution in [-0.2, 0) is 28.7 Å². The van der Waals surface area contributed by atoms with Gasteiger partial charge in [0.2, 0.25) is 11.8 Å². The van der Waals surface area contributed by atoms with E-state index in [0.29, 0.717) is 33.6 Å². The highest BCUT2D eigenvalue weighted by atomic mass is 16.6. The third-order valence-corrected chi connectivity index (χ3v) is 6.65. The molecule has 4 atom stereocenters. The maximum atomic E-state index is 12.8. The molecular formula is C24H22N4O8. The molecule has 0 amide bonds. The first-order chi connectivity index (χ1) is 17.3. The van der Waals surface area contributed by atoms with Crippen LogP contribution < -0.4 is 9.47 Å². The summed E-state index contributed by atoms with van der Waals surface area (Å²) in [6.45, 7) is 3.50. The van der Waals surface area contributed by atoms with Crippen molar-refractivity contribution in [2.75, 3.05) is 14.2 Å². The molecule has 36 heavy (non-hydrogen) atoms. The second-order valence-electron chi connectivity index (χ2n) is 8.60. The number of hydrogen-bond acceptors (Lipinski definition) is 10. The number of hydrogen-bond donors (Lipinski definition) is 2. The number of ether oxygens (including phenoxy) is 4. The second kappa shape index (κ2) is 8.63. The number of aromatic nitrogens is 4. The molecule has 0 aliphatic carbocycles. The van der Waals surface area contributed by atoms with E-state index < -0.39 is 47.5 Å². The Morgan fingerprint density at radius 1 is 0.806 bits per heavy atom. The third-order valence-electron chi connectivity index (χ3n) is 6.65. The Balaban J connectivity index is 1.69. The van der Waals surface area contributed by atoms with Gasteiger partial charge in [-0.2, -0.15) is 0 Å². The van der Waals surface area contributed by atoms with Crippen LogP contribution in [0.15, 0.2) is 24.3 Å². The van der Waals surface area contributed by atoms with Gasteiger partial charge in [-0.05, 0) is 25.0 Å². The number of benzene rings is 1. The van der Waals surface area contributed by atoms with Crippen LogP contribution in [0.25, 0.3) is 0 Å². The predicted molar refractivity (Wildman–Crippen MR) is 119 cm³/mol. The molecule has 186 valence electrons. The summed E-state index contributed by atoms with van der Waals surface area (Å²) in [4.78, 5) is 51.0. The molecule has 2 aliphatic rings. The minimum Gasteiger partial charge on any atom is -0.468 e. The summed E-state index contributed by atoms with van der Waals surface area (Å²) in [7, 11) is 2.39. The second-order valence-corrected chi connectivity index (χ2v) is 8.60. The van der Waals surface area contributed by atoms with Crippen molar-refractivity contribution in [3.63, 3.8) is 0 Å². The number of nitrogens with one attached hydrogen (secondary N) is 2. The molecule has 12 nitrogen and oxygen atoms in total. The Morgan fingerprint density at radius 3 is 1.61 bits per heavy atom. The average molecular weight is 494 g/mol. The summed E-state index contributed by atoms with van der Waals surface area (Å²) in [6.07, 6.45) is 0. The Morgan fingerprint density at radius 2 is 1.22 bits per heavy atom. The van der Waals surface area contributed by atoms with E-state index in [9.17, 15) is 19.2 Å². The molecular weight excluding hydrogens is 472 g/mol. The normalized spacial score (nSPS) is 22.7. The summed E-state index contributed by atoms with van der Waals surface area (Å²) in [6, 6.07) is 6.95. The molecule has 0 fully saturated rings. The minimum absolute atomic E-state index is 0.0784. The zero-order valence-corrected chi connectivity index (χ0v) is 19.8. The van der Waals surface area contributed by atoms with Crippen LogP contribution in [0.2, 0.25) is 0 Å². The highest BCUT2D eigenvalue weighted by molar-refractivity contribution is 6.00. The Kier molecular flexibility index (Phi) is 5.58. The molecule has 4 heterocycles. The fourth-order valence-corrected chi connectivity index (χ4v) is 5.02.